The largest absolute Gasteiger partial charge is 0.466 e. The average Bonchev–Trinajstić information content (AvgIpc) is 3.47. The molecule has 39 heavy (non-hydrogen) atoms. The molecule has 4 rings (SSSR count). The first-order valence-electron chi connectivity index (χ1n) is 13.3. The fourth-order valence-electron chi connectivity index (χ4n) is 4.18. The normalized spacial score (nSPS) is 12.4. The molecule has 0 spiro atoms. The standard InChI is InChI=1S/C31H34N4O4/c1-4-21(3)28(33-26-17-15-24(16-18-26)30(37)32-20-19-27(36)38-5-2)22-11-13-23(14-12-22)29-34-31(39-35-29)25-9-7-6-8-10-25/h6-18,21,28,33H,4-5,19-20H2,1-3H3,(H,32,37)/t21?,28-/m1/s1. The summed E-state index contributed by atoms with van der Waals surface area (Å²) in [6.45, 7) is 6.70. The van der Waals surface area contributed by atoms with Crippen molar-refractivity contribution in [3.05, 3.63) is 90.0 Å². The van der Waals surface area contributed by atoms with E-state index < -0.39 is 0 Å². The minimum atomic E-state index is -0.323. The van der Waals surface area contributed by atoms with Gasteiger partial charge in [-0.1, -0.05) is 67.9 Å². The van der Waals surface area contributed by atoms with Crippen molar-refractivity contribution in [2.24, 2.45) is 5.92 Å². The summed E-state index contributed by atoms with van der Waals surface area (Å²) in [5.74, 6) is 0.846. The van der Waals surface area contributed by atoms with Crippen LogP contribution in [0.25, 0.3) is 22.8 Å². The molecule has 2 N–H and O–H groups in total. The summed E-state index contributed by atoms with van der Waals surface area (Å²) in [7, 11) is 0. The van der Waals surface area contributed by atoms with Gasteiger partial charge in [0.1, 0.15) is 0 Å². The van der Waals surface area contributed by atoms with Crippen LogP contribution in [0.1, 0.15) is 55.6 Å². The molecule has 8 nitrogen and oxygen atoms in total. The number of nitrogens with one attached hydrogen (secondary N) is 2. The number of aromatic nitrogens is 2. The summed E-state index contributed by atoms with van der Waals surface area (Å²) in [4.78, 5) is 28.4. The Bertz CT molecular complexity index is 1350. The summed E-state index contributed by atoms with van der Waals surface area (Å²) >= 11 is 0. The third-order valence-corrected chi connectivity index (χ3v) is 6.58. The van der Waals surface area contributed by atoms with Crippen molar-refractivity contribution < 1.29 is 18.8 Å². The molecule has 4 aromatic rings. The Morgan fingerprint density at radius 1 is 0.923 bits per heavy atom. The summed E-state index contributed by atoms with van der Waals surface area (Å²) in [6.07, 6.45) is 1.14. The number of hydrogen-bond acceptors (Lipinski definition) is 7. The highest BCUT2D eigenvalue weighted by molar-refractivity contribution is 5.94. The van der Waals surface area contributed by atoms with Crippen LogP contribution in [0, 0.1) is 5.92 Å². The second-order valence-corrected chi connectivity index (χ2v) is 9.31. The van der Waals surface area contributed by atoms with E-state index in [0.717, 1.165) is 28.8 Å². The average molecular weight is 527 g/mol. The Labute approximate surface area is 228 Å². The molecule has 0 fully saturated rings. The van der Waals surface area contributed by atoms with E-state index in [0.29, 0.717) is 29.8 Å². The monoisotopic (exact) mass is 526 g/mol. The fraction of sp³-hybridized carbons (Fsp3) is 0.290. The van der Waals surface area contributed by atoms with E-state index in [9.17, 15) is 9.59 Å². The molecule has 2 atom stereocenters. The summed E-state index contributed by atoms with van der Waals surface area (Å²) in [5, 5.41) is 10.5. The third kappa shape index (κ3) is 7.31. The van der Waals surface area contributed by atoms with E-state index in [1.807, 2.05) is 54.6 Å². The Morgan fingerprint density at radius 2 is 1.64 bits per heavy atom. The number of ether oxygens (including phenoxy) is 1. The molecule has 1 unspecified atom stereocenters. The number of hydrogen-bond donors (Lipinski definition) is 2. The van der Waals surface area contributed by atoms with Gasteiger partial charge in [-0.05, 0) is 54.8 Å². The smallest absolute Gasteiger partial charge is 0.307 e. The van der Waals surface area contributed by atoms with Crippen LogP contribution in [-0.2, 0) is 9.53 Å². The number of anilines is 1. The Balaban J connectivity index is 1.41. The summed E-state index contributed by atoms with van der Waals surface area (Å²) < 4.78 is 10.3. The lowest BCUT2D eigenvalue weighted by molar-refractivity contribution is -0.142. The lowest BCUT2D eigenvalue weighted by atomic mass is 9.91. The zero-order valence-electron chi connectivity index (χ0n) is 22.5. The van der Waals surface area contributed by atoms with E-state index in [1.54, 1.807) is 19.1 Å². The van der Waals surface area contributed by atoms with Gasteiger partial charge >= 0.3 is 5.97 Å². The van der Waals surface area contributed by atoms with Gasteiger partial charge in [0.2, 0.25) is 5.82 Å². The minimum Gasteiger partial charge on any atom is -0.466 e. The zero-order chi connectivity index (χ0) is 27.6. The number of nitrogens with zero attached hydrogens (tertiary/aromatic N) is 2. The van der Waals surface area contributed by atoms with Crippen LogP contribution in [0.2, 0.25) is 0 Å². The Morgan fingerprint density at radius 3 is 2.31 bits per heavy atom. The lowest BCUT2D eigenvalue weighted by Crippen LogP contribution is -2.26. The molecule has 1 heterocycles. The predicted molar refractivity (Wildman–Crippen MR) is 151 cm³/mol. The quantitative estimate of drug-likeness (QED) is 0.209. The van der Waals surface area contributed by atoms with Crippen LogP contribution in [0.4, 0.5) is 5.69 Å². The molecule has 8 heteroatoms. The van der Waals surface area contributed by atoms with Crippen molar-refractivity contribution >= 4 is 17.6 Å². The molecule has 0 bridgehead atoms. The number of esters is 1. The van der Waals surface area contributed by atoms with Crippen molar-refractivity contribution in [3.63, 3.8) is 0 Å². The molecule has 1 amide bonds. The SMILES string of the molecule is CCOC(=O)CCNC(=O)c1ccc(N[C@@H](c2ccc(-c3noc(-c4ccccc4)n3)cc2)C(C)CC)cc1. The van der Waals surface area contributed by atoms with Gasteiger partial charge in [-0.2, -0.15) is 4.98 Å². The second-order valence-electron chi connectivity index (χ2n) is 9.31. The van der Waals surface area contributed by atoms with E-state index >= 15 is 0 Å². The summed E-state index contributed by atoms with van der Waals surface area (Å²) in [5.41, 5.74) is 4.35. The van der Waals surface area contributed by atoms with Crippen LogP contribution in [0.3, 0.4) is 0 Å². The molecule has 1 aromatic heterocycles. The van der Waals surface area contributed by atoms with Crippen LogP contribution in [0.5, 0.6) is 0 Å². The molecule has 0 radical (unpaired) electrons. The first-order chi connectivity index (χ1) is 19.0. The highest BCUT2D eigenvalue weighted by Crippen LogP contribution is 2.31. The van der Waals surface area contributed by atoms with Crippen molar-refractivity contribution in [2.75, 3.05) is 18.5 Å². The Kier molecular flexibility index (Phi) is 9.45. The maximum absolute atomic E-state index is 12.4. The van der Waals surface area contributed by atoms with E-state index in [4.69, 9.17) is 9.26 Å². The number of carbonyl (C=O) groups is 2. The van der Waals surface area contributed by atoms with Gasteiger partial charge in [-0.3, -0.25) is 9.59 Å². The topological polar surface area (TPSA) is 106 Å². The van der Waals surface area contributed by atoms with Crippen LogP contribution < -0.4 is 10.6 Å². The zero-order valence-corrected chi connectivity index (χ0v) is 22.5. The van der Waals surface area contributed by atoms with Crippen LogP contribution in [0.15, 0.2) is 83.4 Å². The van der Waals surface area contributed by atoms with Crippen molar-refractivity contribution in [1.82, 2.24) is 15.5 Å². The third-order valence-electron chi connectivity index (χ3n) is 6.58. The fourth-order valence-corrected chi connectivity index (χ4v) is 4.18. The summed E-state index contributed by atoms with van der Waals surface area (Å²) in [6, 6.07) is 25.3. The molecular weight excluding hydrogens is 492 g/mol. The lowest BCUT2D eigenvalue weighted by Gasteiger charge is -2.26. The molecule has 0 aliphatic rings. The van der Waals surface area contributed by atoms with Gasteiger partial charge in [0.25, 0.3) is 11.8 Å². The number of rotatable bonds is 12. The van der Waals surface area contributed by atoms with Crippen molar-refractivity contribution in [2.45, 2.75) is 39.7 Å². The number of carbonyl (C=O) groups excluding carboxylic acids is 2. The molecule has 0 saturated carbocycles. The van der Waals surface area contributed by atoms with Gasteiger partial charge in [0, 0.05) is 28.9 Å². The van der Waals surface area contributed by atoms with Crippen molar-refractivity contribution in [1.29, 1.82) is 0 Å². The maximum atomic E-state index is 12.4. The molecule has 0 aliphatic carbocycles. The van der Waals surface area contributed by atoms with Gasteiger partial charge in [-0.25, -0.2) is 0 Å². The van der Waals surface area contributed by atoms with Gasteiger partial charge in [0.15, 0.2) is 0 Å². The van der Waals surface area contributed by atoms with Crippen LogP contribution in [-0.4, -0.2) is 35.2 Å². The minimum absolute atomic E-state index is 0.0680. The number of amides is 1. The molecule has 0 aliphatic heterocycles. The highest BCUT2D eigenvalue weighted by atomic mass is 16.5. The van der Waals surface area contributed by atoms with Gasteiger partial charge < -0.3 is 19.9 Å². The second kappa shape index (κ2) is 13.4. The molecule has 0 saturated heterocycles. The van der Waals surface area contributed by atoms with Gasteiger partial charge in [0.05, 0.1) is 19.1 Å². The van der Waals surface area contributed by atoms with Gasteiger partial charge in [-0.15, -0.1) is 0 Å². The van der Waals surface area contributed by atoms with Crippen LogP contribution >= 0.6 is 0 Å². The van der Waals surface area contributed by atoms with E-state index in [2.05, 4.69) is 46.8 Å². The predicted octanol–water partition coefficient (Wildman–Crippen LogP) is 6.29. The first-order valence-corrected chi connectivity index (χ1v) is 13.3. The highest BCUT2D eigenvalue weighted by Gasteiger charge is 2.19. The Hall–Kier alpha value is -4.46. The van der Waals surface area contributed by atoms with E-state index in [-0.39, 0.29) is 30.9 Å². The van der Waals surface area contributed by atoms with Crippen molar-refractivity contribution in [3.8, 4) is 22.8 Å². The first kappa shape index (κ1) is 27.6. The molecule has 202 valence electrons. The van der Waals surface area contributed by atoms with E-state index in [1.165, 1.54) is 0 Å². The molecule has 3 aromatic carbocycles. The molecular formula is C31H34N4O4. The number of benzene rings is 3. The maximum Gasteiger partial charge on any atom is 0.307 e.